The number of nitrogens with zero attached hydrogens (tertiary/aromatic N) is 4. The van der Waals surface area contributed by atoms with Crippen LogP contribution in [0.25, 0.3) is 11.4 Å². The molecule has 0 spiro atoms. The van der Waals surface area contributed by atoms with Crippen molar-refractivity contribution in [1.29, 1.82) is 0 Å². The van der Waals surface area contributed by atoms with Crippen molar-refractivity contribution in [3.63, 3.8) is 0 Å². The van der Waals surface area contributed by atoms with Gasteiger partial charge in [-0.3, -0.25) is 4.98 Å². The molecule has 0 saturated carbocycles. The van der Waals surface area contributed by atoms with Crippen LogP contribution in [-0.4, -0.2) is 34.1 Å². The van der Waals surface area contributed by atoms with Gasteiger partial charge in [0.1, 0.15) is 5.82 Å². The van der Waals surface area contributed by atoms with Gasteiger partial charge in [-0.25, -0.2) is 9.97 Å². The van der Waals surface area contributed by atoms with E-state index in [0.717, 1.165) is 61.1 Å². The topological polar surface area (TPSA) is 53.9 Å². The highest BCUT2D eigenvalue weighted by Gasteiger charge is 2.21. The molecule has 1 fully saturated rings. The molecule has 2 aromatic heterocycles. The lowest BCUT2D eigenvalue weighted by atomic mass is 10.0. The van der Waals surface area contributed by atoms with Crippen LogP contribution >= 0.6 is 0 Å². The Morgan fingerprint density at radius 3 is 2.54 bits per heavy atom. The number of rotatable bonds is 5. The summed E-state index contributed by atoms with van der Waals surface area (Å²) in [5, 5.41) is 3.66. The van der Waals surface area contributed by atoms with Crippen LogP contribution in [-0.2, 0) is 6.54 Å². The highest BCUT2D eigenvalue weighted by atomic mass is 15.2. The minimum atomic E-state index is 0.523. The molecule has 0 atom stereocenters. The molecule has 1 aliphatic heterocycles. The third-order valence-corrected chi connectivity index (χ3v) is 5.24. The van der Waals surface area contributed by atoms with Crippen LogP contribution in [0, 0.1) is 13.8 Å². The second-order valence-corrected chi connectivity index (χ2v) is 7.52. The Hall–Kier alpha value is -2.79. The summed E-state index contributed by atoms with van der Waals surface area (Å²) in [4.78, 5) is 16.3. The Morgan fingerprint density at radius 1 is 1.00 bits per heavy atom. The van der Waals surface area contributed by atoms with Crippen LogP contribution < -0.4 is 10.2 Å². The van der Waals surface area contributed by atoms with E-state index in [-0.39, 0.29) is 0 Å². The first kappa shape index (κ1) is 18.6. The summed E-state index contributed by atoms with van der Waals surface area (Å²) in [6.45, 7) is 6.99. The summed E-state index contributed by atoms with van der Waals surface area (Å²) in [6.07, 6.45) is 4.10. The van der Waals surface area contributed by atoms with Crippen molar-refractivity contribution in [3.05, 3.63) is 71.7 Å². The number of anilines is 1. The summed E-state index contributed by atoms with van der Waals surface area (Å²) in [5.74, 6) is 1.84. The van der Waals surface area contributed by atoms with E-state index in [1.54, 1.807) is 0 Å². The maximum Gasteiger partial charge on any atom is 0.161 e. The Morgan fingerprint density at radius 2 is 1.79 bits per heavy atom. The first-order valence-corrected chi connectivity index (χ1v) is 9.98. The van der Waals surface area contributed by atoms with E-state index in [9.17, 15) is 0 Å². The fraction of sp³-hybridized carbons (Fsp3) is 0.348. The van der Waals surface area contributed by atoms with Crippen LogP contribution in [0.2, 0.25) is 0 Å². The molecule has 0 unspecified atom stereocenters. The van der Waals surface area contributed by atoms with E-state index in [1.165, 1.54) is 5.56 Å². The van der Waals surface area contributed by atoms with Gasteiger partial charge in [-0.15, -0.1) is 0 Å². The Labute approximate surface area is 166 Å². The highest BCUT2D eigenvalue weighted by Crippen LogP contribution is 2.23. The molecule has 1 N–H and O–H groups in total. The Balaban J connectivity index is 1.38. The molecule has 3 heterocycles. The number of aryl methyl sites for hydroxylation is 2. The fourth-order valence-corrected chi connectivity index (χ4v) is 3.69. The van der Waals surface area contributed by atoms with Crippen molar-refractivity contribution < 1.29 is 0 Å². The zero-order valence-corrected chi connectivity index (χ0v) is 16.6. The number of pyridine rings is 1. The minimum absolute atomic E-state index is 0.523. The van der Waals surface area contributed by atoms with E-state index >= 15 is 0 Å². The van der Waals surface area contributed by atoms with Crippen LogP contribution in [0.5, 0.6) is 0 Å². The lowest BCUT2D eigenvalue weighted by Crippen LogP contribution is -2.42. The fourth-order valence-electron chi connectivity index (χ4n) is 3.69. The molecule has 1 aromatic carbocycles. The van der Waals surface area contributed by atoms with Gasteiger partial charge in [-0.05, 0) is 44.4 Å². The zero-order chi connectivity index (χ0) is 19.3. The third kappa shape index (κ3) is 4.54. The van der Waals surface area contributed by atoms with E-state index < -0.39 is 0 Å². The van der Waals surface area contributed by atoms with Crippen molar-refractivity contribution >= 4 is 5.82 Å². The number of hydrogen-bond acceptors (Lipinski definition) is 5. The number of benzene rings is 1. The quantitative estimate of drug-likeness (QED) is 0.735. The first-order chi connectivity index (χ1) is 13.7. The lowest BCUT2D eigenvalue weighted by molar-refractivity contribution is 0.410. The zero-order valence-electron chi connectivity index (χ0n) is 16.6. The molecule has 5 nitrogen and oxygen atoms in total. The standard InChI is InChI=1S/C23H27N5/c1-17-8-11-24-21(14-17)16-25-20-9-12-28(13-10-20)22-15-18(2)26-23(27-22)19-6-4-3-5-7-19/h3-8,11,14-15,20,25H,9-10,12-13,16H2,1-2H3. The van der Waals surface area contributed by atoms with Crippen molar-refractivity contribution in [3.8, 4) is 11.4 Å². The largest absolute Gasteiger partial charge is 0.356 e. The van der Waals surface area contributed by atoms with Crippen LogP contribution in [0.3, 0.4) is 0 Å². The molecule has 4 rings (SSSR count). The molecule has 0 radical (unpaired) electrons. The second-order valence-electron chi connectivity index (χ2n) is 7.52. The summed E-state index contributed by atoms with van der Waals surface area (Å²) in [7, 11) is 0. The monoisotopic (exact) mass is 373 g/mol. The average Bonchev–Trinajstić information content (AvgIpc) is 2.73. The number of piperidine rings is 1. The summed E-state index contributed by atoms with van der Waals surface area (Å²) >= 11 is 0. The first-order valence-electron chi connectivity index (χ1n) is 9.98. The molecule has 0 amide bonds. The van der Waals surface area contributed by atoms with E-state index in [0.29, 0.717) is 6.04 Å². The molecule has 5 heteroatoms. The normalized spacial score (nSPS) is 15.0. The summed E-state index contributed by atoms with van der Waals surface area (Å²) in [6, 6.07) is 17.0. The van der Waals surface area contributed by atoms with Crippen LogP contribution in [0.15, 0.2) is 54.7 Å². The van der Waals surface area contributed by atoms with Gasteiger partial charge in [0, 0.05) is 49.2 Å². The number of nitrogens with one attached hydrogen (secondary N) is 1. The number of aromatic nitrogens is 3. The van der Waals surface area contributed by atoms with Crippen molar-refractivity contribution in [2.45, 2.75) is 39.3 Å². The molecule has 1 saturated heterocycles. The van der Waals surface area contributed by atoms with E-state index in [2.05, 4.69) is 51.4 Å². The molecule has 144 valence electrons. The molecule has 0 bridgehead atoms. The predicted molar refractivity (Wildman–Crippen MR) is 113 cm³/mol. The predicted octanol–water partition coefficient (Wildman–Crippen LogP) is 3.91. The molecular weight excluding hydrogens is 346 g/mol. The highest BCUT2D eigenvalue weighted by molar-refractivity contribution is 5.57. The summed E-state index contributed by atoms with van der Waals surface area (Å²) in [5.41, 5.74) is 4.45. The second kappa shape index (κ2) is 8.48. The van der Waals surface area contributed by atoms with Gasteiger partial charge in [0.2, 0.25) is 0 Å². The molecule has 28 heavy (non-hydrogen) atoms. The van der Waals surface area contributed by atoms with Gasteiger partial charge in [-0.1, -0.05) is 30.3 Å². The lowest BCUT2D eigenvalue weighted by Gasteiger charge is -2.33. The van der Waals surface area contributed by atoms with Gasteiger partial charge in [0.25, 0.3) is 0 Å². The van der Waals surface area contributed by atoms with Gasteiger partial charge in [0.15, 0.2) is 5.82 Å². The van der Waals surface area contributed by atoms with E-state index in [1.807, 2.05) is 37.4 Å². The Bertz CT molecular complexity index is 917. The van der Waals surface area contributed by atoms with Gasteiger partial charge >= 0.3 is 0 Å². The molecule has 1 aliphatic rings. The molecule has 0 aliphatic carbocycles. The SMILES string of the molecule is Cc1ccnc(CNC2CCN(c3cc(C)nc(-c4ccccc4)n3)CC2)c1. The maximum atomic E-state index is 4.84. The minimum Gasteiger partial charge on any atom is -0.356 e. The van der Waals surface area contributed by atoms with Gasteiger partial charge in [-0.2, -0.15) is 0 Å². The van der Waals surface area contributed by atoms with Crippen LogP contribution in [0.4, 0.5) is 5.82 Å². The van der Waals surface area contributed by atoms with Crippen molar-refractivity contribution in [2.75, 3.05) is 18.0 Å². The van der Waals surface area contributed by atoms with Gasteiger partial charge in [0.05, 0.1) is 5.69 Å². The molecular formula is C23H27N5. The van der Waals surface area contributed by atoms with Gasteiger partial charge < -0.3 is 10.2 Å². The smallest absolute Gasteiger partial charge is 0.161 e. The number of hydrogen-bond donors (Lipinski definition) is 1. The van der Waals surface area contributed by atoms with Crippen molar-refractivity contribution in [1.82, 2.24) is 20.3 Å². The maximum absolute atomic E-state index is 4.84. The van der Waals surface area contributed by atoms with Crippen LogP contribution in [0.1, 0.15) is 29.8 Å². The van der Waals surface area contributed by atoms with E-state index in [4.69, 9.17) is 4.98 Å². The summed E-state index contributed by atoms with van der Waals surface area (Å²) < 4.78 is 0. The molecule has 3 aromatic rings. The Kier molecular flexibility index (Phi) is 5.63. The third-order valence-electron chi connectivity index (χ3n) is 5.24. The van der Waals surface area contributed by atoms with Crippen molar-refractivity contribution in [2.24, 2.45) is 0 Å². The average molecular weight is 374 g/mol.